The summed E-state index contributed by atoms with van der Waals surface area (Å²) in [6.45, 7) is 7.09. The molecule has 1 aliphatic heterocycles. The topological polar surface area (TPSA) is 42.4 Å². The third-order valence-corrected chi connectivity index (χ3v) is 5.40. The average molecular weight is 351 g/mol. The van der Waals surface area contributed by atoms with E-state index in [1.54, 1.807) is 0 Å². The van der Waals surface area contributed by atoms with Crippen LogP contribution in [0, 0.1) is 6.92 Å². The van der Waals surface area contributed by atoms with Crippen molar-refractivity contribution >= 4 is 28.8 Å². The number of aromatic nitrogens is 1. The molecular formula is C17H19ClN2O2S. The fourth-order valence-corrected chi connectivity index (χ4v) is 3.78. The average Bonchev–Trinajstić information content (AvgIpc) is 2.91. The molecule has 23 heavy (non-hydrogen) atoms. The van der Waals surface area contributed by atoms with Crippen LogP contribution < -0.4 is 0 Å². The Kier molecular flexibility index (Phi) is 4.71. The maximum Gasteiger partial charge on any atom is 0.266 e. The molecular weight excluding hydrogens is 332 g/mol. The Balaban J connectivity index is 1.88. The lowest BCUT2D eigenvalue weighted by molar-refractivity contribution is -0.0385. The van der Waals surface area contributed by atoms with Crippen LogP contribution in [0.3, 0.4) is 0 Å². The van der Waals surface area contributed by atoms with Crippen molar-refractivity contribution in [2.45, 2.75) is 32.9 Å². The standard InChI is InChI=1S/C17H19ClN2O2S/c1-10-9-22-11(2)8-20(10)17(21)15-12(3)19-16(23-15)13-4-6-14(18)7-5-13/h4-7,10-11H,8-9H2,1-3H3. The molecule has 1 aromatic carbocycles. The van der Waals surface area contributed by atoms with Crippen LogP contribution >= 0.6 is 22.9 Å². The van der Waals surface area contributed by atoms with E-state index in [1.165, 1.54) is 11.3 Å². The van der Waals surface area contributed by atoms with E-state index >= 15 is 0 Å². The van der Waals surface area contributed by atoms with Crippen molar-refractivity contribution in [1.82, 2.24) is 9.88 Å². The number of carbonyl (C=O) groups excluding carboxylic acids is 1. The van der Waals surface area contributed by atoms with Crippen molar-refractivity contribution in [3.63, 3.8) is 0 Å². The van der Waals surface area contributed by atoms with Crippen LogP contribution in [-0.4, -0.2) is 41.1 Å². The lowest BCUT2D eigenvalue weighted by atomic mass is 10.2. The summed E-state index contributed by atoms with van der Waals surface area (Å²) in [5, 5.41) is 1.53. The number of hydrogen-bond donors (Lipinski definition) is 0. The van der Waals surface area contributed by atoms with Crippen molar-refractivity contribution in [3.8, 4) is 10.6 Å². The van der Waals surface area contributed by atoms with Gasteiger partial charge in [0.2, 0.25) is 0 Å². The Morgan fingerprint density at radius 1 is 1.35 bits per heavy atom. The highest BCUT2D eigenvalue weighted by atomic mass is 35.5. The Hall–Kier alpha value is -1.43. The minimum atomic E-state index is 0.0443. The molecule has 0 N–H and O–H groups in total. The number of aryl methyl sites for hydroxylation is 1. The first-order chi connectivity index (χ1) is 11.0. The van der Waals surface area contributed by atoms with E-state index in [9.17, 15) is 4.79 Å². The predicted molar refractivity (Wildman–Crippen MR) is 93.2 cm³/mol. The summed E-state index contributed by atoms with van der Waals surface area (Å²) >= 11 is 7.36. The number of morpholine rings is 1. The Labute approximate surface area is 145 Å². The van der Waals surface area contributed by atoms with Crippen LogP contribution in [0.25, 0.3) is 10.6 Å². The van der Waals surface area contributed by atoms with Crippen molar-refractivity contribution in [1.29, 1.82) is 0 Å². The third kappa shape index (κ3) is 3.42. The molecule has 2 heterocycles. The first-order valence-corrected chi connectivity index (χ1v) is 8.81. The number of ether oxygens (including phenoxy) is 1. The van der Waals surface area contributed by atoms with E-state index in [0.29, 0.717) is 23.1 Å². The number of benzene rings is 1. The van der Waals surface area contributed by atoms with Gasteiger partial charge in [0.15, 0.2) is 0 Å². The molecule has 0 aliphatic carbocycles. The smallest absolute Gasteiger partial charge is 0.266 e. The summed E-state index contributed by atoms with van der Waals surface area (Å²) in [6.07, 6.45) is 0.0686. The second-order valence-electron chi connectivity index (χ2n) is 5.89. The molecule has 0 saturated carbocycles. The lowest BCUT2D eigenvalue weighted by Crippen LogP contribution is -2.50. The molecule has 0 spiro atoms. The number of thiazole rings is 1. The molecule has 4 nitrogen and oxygen atoms in total. The summed E-state index contributed by atoms with van der Waals surface area (Å²) in [5.41, 5.74) is 1.75. The van der Waals surface area contributed by atoms with Gasteiger partial charge in [0.25, 0.3) is 5.91 Å². The normalized spacial score (nSPS) is 21.5. The molecule has 1 amide bonds. The maximum atomic E-state index is 12.9. The number of amides is 1. The van der Waals surface area contributed by atoms with Crippen molar-refractivity contribution in [2.75, 3.05) is 13.2 Å². The molecule has 1 aromatic heterocycles. The van der Waals surface area contributed by atoms with Crippen LogP contribution in [0.1, 0.15) is 29.2 Å². The Bertz CT molecular complexity index is 714. The van der Waals surface area contributed by atoms with Crippen LogP contribution in [0.5, 0.6) is 0 Å². The molecule has 2 aromatic rings. The quantitative estimate of drug-likeness (QED) is 0.821. The van der Waals surface area contributed by atoms with Crippen molar-refractivity contribution in [2.24, 2.45) is 0 Å². The Morgan fingerprint density at radius 3 is 2.74 bits per heavy atom. The van der Waals surface area contributed by atoms with Gasteiger partial charge in [-0.2, -0.15) is 0 Å². The fourth-order valence-electron chi connectivity index (χ4n) is 2.63. The van der Waals surface area contributed by atoms with Gasteiger partial charge in [-0.15, -0.1) is 11.3 Å². The van der Waals surface area contributed by atoms with E-state index < -0.39 is 0 Å². The van der Waals surface area contributed by atoms with Gasteiger partial charge < -0.3 is 9.64 Å². The summed E-state index contributed by atoms with van der Waals surface area (Å²) < 4.78 is 5.60. The number of nitrogens with zero attached hydrogens (tertiary/aromatic N) is 2. The highest BCUT2D eigenvalue weighted by Crippen LogP contribution is 2.30. The van der Waals surface area contributed by atoms with Gasteiger partial charge in [0.05, 0.1) is 24.4 Å². The van der Waals surface area contributed by atoms with Crippen LogP contribution in [0.2, 0.25) is 5.02 Å². The zero-order chi connectivity index (χ0) is 16.6. The van der Waals surface area contributed by atoms with Crippen molar-refractivity contribution in [3.05, 3.63) is 39.9 Å². The largest absolute Gasteiger partial charge is 0.375 e. The SMILES string of the molecule is Cc1nc(-c2ccc(Cl)cc2)sc1C(=O)N1CC(C)OCC1C. The van der Waals surface area contributed by atoms with Gasteiger partial charge >= 0.3 is 0 Å². The molecule has 1 fully saturated rings. The first-order valence-electron chi connectivity index (χ1n) is 7.61. The minimum absolute atomic E-state index is 0.0443. The second kappa shape index (κ2) is 6.59. The highest BCUT2D eigenvalue weighted by molar-refractivity contribution is 7.17. The van der Waals surface area contributed by atoms with Gasteiger partial charge in [-0.1, -0.05) is 23.7 Å². The second-order valence-corrected chi connectivity index (χ2v) is 7.33. The van der Waals surface area contributed by atoms with Crippen LogP contribution in [0.15, 0.2) is 24.3 Å². The summed E-state index contributed by atoms with van der Waals surface area (Å²) in [7, 11) is 0. The molecule has 0 bridgehead atoms. The zero-order valence-electron chi connectivity index (χ0n) is 13.4. The molecule has 1 saturated heterocycles. The number of hydrogen-bond acceptors (Lipinski definition) is 4. The number of halogens is 1. The molecule has 1 aliphatic rings. The van der Waals surface area contributed by atoms with E-state index in [0.717, 1.165) is 16.3 Å². The van der Waals surface area contributed by atoms with E-state index in [1.807, 2.05) is 49.9 Å². The molecule has 122 valence electrons. The van der Waals surface area contributed by atoms with Crippen LogP contribution in [0.4, 0.5) is 0 Å². The molecule has 0 radical (unpaired) electrons. The summed E-state index contributed by atoms with van der Waals surface area (Å²) in [5.74, 6) is 0.0443. The van der Waals surface area contributed by atoms with Gasteiger partial charge in [0.1, 0.15) is 9.88 Å². The number of rotatable bonds is 2. The summed E-state index contributed by atoms with van der Waals surface area (Å²) in [6, 6.07) is 7.60. The van der Waals surface area contributed by atoms with Gasteiger partial charge in [-0.25, -0.2) is 4.98 Å². The summed E-state index contributed by atoms with van der Waals surface area (Å²) in [4.78, 5) is 20.1. The third-order valence-electron chi connectivity index (χ3n) is 3.95. The molecule has 6 heteroatoms. The molecule has 2 unspecified atom stereocenters. The number of carbonyl (C=O) groups is 1. The fraction of sp³-hybridized carbons (Fsp3) is 0.412. The first kappa shape index (κ1) is 16.4. The van der Waals surface area contributed by atoms with Crippen LogP contribution in [-0.2, 0) is 4.74 Å². The van der Waals surface area contributed by atoms with Crippen molar-refractivity contribution < 1.29 is 9.53 Å². The maximum absolute atomic E-state index is 12.9. The minimum Gasteiger partial charge on any atom is -0.375 e. The predicted octanol–water partition coefficient (Wildman–Crippen LogP) is 4.02. The van der Waals surface area contributed by atoms with E-state index in [-0.39, 0.29) is 18.1 Å². The highest BCUT2D eigenvalue weighted by Gasteiger charge is 2.30. The zero-order valence-corrected chi connectivity index (χ0v) is 14.9. The monoisotopic (exact) mass is 350 g/mol. The van der Waals surface area contributed by atoms with E-state index in [2.05, 4.69) is 4.98 Å². The Morgan fingerprint density at radius 2 is 2.04 bits per heavy atom. The van der Waals surface area contributed by atoms with Gasteiger partial charge in [-0.05, 0) is 32.9 Å². The van der Waals surface area contributed by atoms with Gasteiger partial charge in [0, 0.05) is 17.1 Å². The van der Waals surface area contributed by atoms with Gasteiger partial charge in [-0.3, -0.25) is 4.79 Å². The van der Waals surface area contributed by atoms with E-state index in [4.69, 9.17) is 16.3 Å². The molecule has 3 rings (SSSR count). The lowest BCUT2D eigenvalue weighted by Gasteiger charge is -2.36. The molecule has 2 atom stereocenters.